The number of anilines is 3. The van der Waals surface area contributed by atoms with Crippen molar-refractivity contribution in [2.45, 2.75) is 0 Å². The molecule has 0 aliphatic heterocycles. The van der Waals surface area contributed by atoms with Crippen molar-refractivity contribution in [2.24, 2.45) is 0 Å². The Labute approximate surface area is 130 Å². The number of carbonyl (C=O) groups is 1. The molecule has 0 saturated heterocycles. The van der Waals surface area contributed by atoms with Gasteiger partial charge in [-0.05, 0) is 40.2 Å². The molecule has 0 aromatic heterocycles. The molecule has 0 aliphatic carbocycles. The van der Waals surface area contributed by atoms with Gasteiger partial charge >= 0.3 is 5.97 Å². The van der Waals surface area contributed by atoms with Gasteiger partial charge in [-0.25, -0.2) is 4.79 Å². The molecule has 0 aliphatic rings. The zero-order valence-electron chi connectivity index (χ0n) is 10.6. The van der Waals surface area contributed by atoms with Crippen LogP contribution in [0.25, 0.3) is 0 Å². The molecular weight excluding hydrogens is 344 g/mol. The quantitative estimate of drug-likeness (QED) is 0.639. The van der Waals surface area contributed by atoms with Gasteiger partial charge in [-0.1, -0.05) is 23.7 Å². The molecule has 2 aromatic rings. The minimum absolute atomic E-state index is 0.315. The molecule has 3 N–H and O–H groups in total. The third kappa shape index (κ3) is 2.89. The lowest BCUT2D eigenvalue weighted by atomic mass is 10.1. The minimum atomic E-state index is -0.476. The highest BCUT2D eigenvalue weighted by molar-refractivity contribution is 9.10. The van der Waals surface area contributed by atoms with Crippen LogP contribution in [0.2, 0.25) is 5.02 Å². The normalized spacial score (nSPS) is 10.2. The number of hydrogen-bond acceptors (Lipinski definition) is 4. The first-order valence-electron chi connectivity index (χ1n) is 5.72. The maximum absolute atomic E-state index is 11.6. The predicted molar refractivity (Wildman–Crippen MR) is 84.6 cm³/mol. The SMILES string of the molecule is COC(=O)c1cccc(Nc2cccc(Cl)c2Br)c1N. The molecule has 0 atom stereocenters. The molecule has 2 aromatic carbocycles. The lowest BCUT2D eigenvalue weighted by molar-refractivity contribution is 0.0602. The standard InChI is InChI=1S/C14H12BrClN2O2/c1-20-14(19)8-4-2-7-11(13(8)17)18-10-6-3-5-9(16)12(10)15/h2-7,18H,17H2,1H3. The number of ether oxygens (including phenoxy) is 1. The van der Waals surface area contributed by atoms with Crippen LogP contribution in [0.5, 0.6) is 0 Å². The molecular formula is C14H12BrClN2O2. The number of methoxy groups -OCH3 is 1. The van der Waals surface area contributed by atoms with Gasteiger partial charge in [0.25, 0.3) is 0 Å². The molecule has 2 rings (SSSR count). The highest BCUT2D eigenvalue weighted by Gasteiger charge is 2.13. The van der Waals surface area contributed by atoms with E-state index in [1.54, 1.807) is 24.3 Å². The maximum Gasteiger partial charge on any atom is 0.340 e. The molecule has 0 fully saturated rings. The number of esters is 1. The average molecular weight is 356 g/mol. The van der Waals surface area contributed by atoms with E-state index in [1.165, 1.54) is 7.11 Å². The van der Waals surface area contributed by atoms with Gasteiger partial charge in [-0.15, -0.1) is 0 Å². The summed E-state index contributed by atoms with van der Waals surface area (Å²) in [5.74, 6) is -0.476. The monoisotopic (exact) mass is 354 g/mol. The number of para-hydroxylation sites is 1. The molecule has 104 valence electrons. The van der Waals surface area contributed by atoms with Crippen molar-refractivity contribution < 1.29 is 9.53 Å². The first kappa shape index (κ1) is 14.7. The summed E-state index contributed by atoms with van der Waals surface area (Å²) in [6.07, 6.45) is 0. The van der Waals surface area contributed by atoms with Gasteiger partial charge in [-0.3, -0.25) is 0 Å². The van der Waals surface area contributed by atoms with E-state index in [9.17, 15) is 4.79 Å². The van der Waals surface area contributed by atoms with Crippen LogP contribution in [0.1, 0.15) is 10.4 Å². The number of benzene rings is 2. The molecule has 0 bridgehead atoms. The Morgan fingerprint density at radius 2 is 1.90 bits per heavy atom. The molecule has 4 nitrogen and oxygen atoms in total. The second-order valence-electron chi connectivity index (χ2n) is 3.98. The zero-order chi connectivity index (χ0) is 14.7. The summed E-state index contributed by atoms with van der Waals surface area (Å²) >= 11 is 9.43. The fourth-order valence-electron chi connectivity index (χ4n) is 1.71. The van der Waals surface area contributed by atoms with Gasteiger partial charge in [0.1, 0.15) is 0 Å². The average Bonchev–Trinajstić information content (AvgIpc) is 2.45. The fraction of sp³-hybridized carbons (Fsp3) is 0.0714. The van der Waals surface area contributed by atoms with E-state index in [2.05, 4.69) is 26.0 Å². The van der Waals surface area contributed by atoms with E-state index in [0.717, 1.165) is 10.2 Å². The molecule has 0 amide bonds. The largest absolute Gasteiger partial charge is 0.465 e. The van der Waals surface area contributed by atoms with Gasteiger partial charge in [0.15, 0.2) is 0 Å². The van der Waals surface area contributed by atoms with Gasteiger partial charge < -0.3 is 15.8 Å². The lowest BCUT2D eigenvalue weighted by Gasteiger charge is -2.13. The van der Waals surface area contributed by atoms with Crippen LogP contribution in [0, 0.1) is 0 Å². The van der Waals surface area contributed by atoms with E-state index >= 15 is 0 Å². The number of halogens is 2. The third-order valence-electron chi connectivity index (χ3n) is 2.73. The number of nitrogen functional groups attached to an aromatic ring is 1. The van der Waals surface area contributed by atoms with E-state index < -0.39 is 5.97 Å². The molecule has 0 saturated carbocycles. The van der Waals surface area contributed by atoms with Gasteiger partial charge in [0.05, 0.1) is 39.2 Å². The number of hydrogen-bond donors (Lipinski definition) is 2. The Hall–Kier alpha value is -1.72. The molecule has 6 heteroatoms. The minimum Gasteiger partial charge on any atom is -0.465 e. The van der Waals surface area contributed by atoms with Crippen molar-refractivity contribution in [1.82, 2.24) is 0 Å². The Morgan fingerprint density at radius 1 is 1.25 bits per heavy atom. The fourth-order valence-corrected chi connectivity index (χ4v) is 2.25. The van der Waals surface area contributed by atoms with Crippen LogP contribution in [-0.2, 0) is 4.74 Å². The summed E-state index contributed by atoms with van der Waals surface area (Å²) in [4.78, 5) is 11.6. The van der Waals surface area contributed by atoms with Crippen LogP contribution in [0.15, 0.2) is 40.9 Å². The number of carbonyl (C=O) groups excluding carboxylic acids is 1. The van der Waals surface area contributed by atoms with Crippen molar-refractivity contribution in [1.29, 1.82) is 0 Å². The summed E-state index contributed by atoms with van der Waals surface area (Å²) in [6.45, 7) is 0. The van der Waals surface area contributed by atoms with E-state index in [0.29, 0.717) is 22.0 Å². The van der Waals surface area contributed by atoms with Gasteiger partial charge in [0, 0.05) is 0 Å². The Kier molecular flexibility index (Phi) is 4.52. The summed E-state index contributed by atoms with van der Waals surface area (Å²) in [6, 6.07) is 10.5. The number of nitrogens with two attached hydrogens (primary N) is 1. The van der Waals surface area contributed by atoms with E-state index in [-0.39, 0.29) is 0 Å². The Bertz CT molecular complexity index is 662. The second-order valence-corrected chi connectivity index (χ2v) is 5.18. The third-order valence-corrected chi connectivity index (χ3v) is 4.13. The zero-order valence-corrected chi connectivity index (χ0v) is 13.0. The van der Waals surface area contributed by atoms with E-state index in [4.69, 9.17) is 17.3 Å². The number of rotatable bonds is 3. The van der Waals surface area contributed by atoms with Crippen LogP contribution >= 0.6 is 27.5 Å². The Morgan fingerprint density at radius 3 is 2.60 bits per heavy atom. The smallest absolute Gasteiger partial charge is 0.340 e. The first-order chi connectivity index (χ1) is 9.54. The van der Waals surface area contributed by atoms with Crippen LogP contribution < -0.4 is 11.1 Å². The number of nitrogens with one attached hydrogen (secondary N) is 1. The van der Waals surface area contributed by atoms with Crippen molar-refractivity contribution in [3.05, 3.63) is 51.5 Å². The molecule has 0 radical (unpaired) electrons. The topological polar surface area (TPSA) is 64.3 Å². The molecule has 20 heavy (non-hydrogen) atoms. The molecule has 0 spiro atoms. The van der Waals surface area contributed by atoms with Crippen LogP contribution in [-0.4, -0.2) is 13.1 Å². The van der Waals surface area contributed by atoms with Gasteiger partial charge in [0.2, 0.25) is 0 Å². The van der Waals surface area contributed by atoms with Crippen LogP contribution in [0.4, 0.5) is 17.1 Å². The highest BCUT2D eigenvalue weighted by atomic mass is 79.9. The lowest BCUT2D eigenvalue weighted by Crippen LogP contribution is -2.07. The predicted octanol–water partition coefficient (Wildman–Crippen LogP) is 4.21. The van der Waals surface area contributed by atoms with Gasteiger partial charge in [-0.2, -0.15) is 0 Å². The summed E-state index contributed by atoms with van der Waals surface area (Å²) in [5, 5.41) is 3.72. The van der Waals surface area contributed by atoms with Crippen molar-refractivity contribution in [3.63, 3.8) is 0 Å². The summed E-state index contributed by atoms with van der Waals surface area (Å²) in [7, 11) is 1.31. The highest BCUT2D eigenvalue weighted by Crippen LogP contribution is 2.34. The second kappa shape index (κ2) is 6.15. The first-order valence-corrected chi connectivity index (χ1v) is 6.89. The maximum atomic E-state index is 11.6. The Balaban J connectivity index is 2.39. The van der Waals surface area contributed by atoms with Crippen molar-refractivity contribution in [2.75, 3.05) is 18.2 Å². The summed E-state index contributed by atoms with van der Waals surface area (Å²) in [5.41, 5.74) is 7.99. The van der Waals surface area contributed by atoms with Crippen molar-refractivity contribution in [3.8, 4) is 0 Å². The molecule has 0 unspecified atom stereocenters. The summed E-state index contributed by atoms with van der Waals surface area (Å²) < 4.78 is 5.41. The molecule has 0 heterocycles. The van der Waals surface area contributed by atoms with Crippen molar-refractivity contribution >= 4 is 50.6 Å². The van der Waals surface area contributed by atoms with E-state index in [1.807, 2.05) is 12.1 Å². The van der Waals surface area contributed by atoms with Crippen LogP contribution in [0.3, 0.4) is 0 Å².